The zero-order valence-electron chi connectivity index (χ0n) is 7.07. The molecule has 1 N–H and O–H groups in total. The van der Waals surface area contributed by atoms with Gasteiger partial charge in [-0.2, -0.15) is 5.26 Å². The van der Waals surface area contributed by atoms with Crippen LogP contribution in [0.4, 0.5) is 0 Å². The van der Waals surface area contributed by atoms with E-state index in [0.29, 0.717) is 6.42 Å². The Hall–Kier alpha value is -0.850. The van der Waals surface area contributed by atoms with Gasteiger partial charge in [0, 0.05) is 4.47 Å². The molecule has 1 aromatic carbocycles. The summed E-state index contributed by atoms with van der Waals surface area (Å²) < 4.78 is 1.02. The molecule has 1 aromatic rings. The van der Waals surface area contributed by atoms with Gasteiger partial charge >= 0.3 is 0 Å². The molecule has 0 bridgehead atoms. The van der Waals surface area contributed by atoms with Gasteiger partial charge in [-0.1, -0.05) is 28.1 Å². The Balaban J connectivity index is 2.64. The van der Waals surface area contributed by atoms with Crippen LogP contribution in [0.3, 0.4) is 0 Å². The highest BCUT2D eigenvalue weighted by Crippen LogP contribution is 2.13. The van der Waals surface area contributed by atoms with Crippen molar-refractivity contribution in [2.75, 3.05) is 6.61 Å². The summed E-state index contributed by atoms with van der Waals surface area (Å²) in [5.74, 6) is -0.291. The van der Waals surface area contributed by atoms with Crippen molar-refractivity contribution in [2.24, 2.45) is 5.92 Å². The summed E-state index contributed by atoms with van der Waals surface area (Å²) in [5.41, 5.74) is 1.07. The molecular formula is C10H10BrNO. The molecule has 1 rings (SSSR count). The van der Waals surface area contributed by atoms with Crippen molar-refractivity contribution in [3.63, 3.8) is 0 Å². The average molecular weight is 240 g/mol. The van der Waals surface area contributed by atoms with Crippen LogP contribution in [0.1, 0.15) is 5.56 Å². The standard InChI is InChI=1S/C10H10BrNO/c11-10-3-1-8(2-4-10)5-9(6-12)7-13/h1-4,9,13H,5,7H2. The van der Waals surface area contributed by atoms with Gasteiger partial charge in [0.15, 0.2) is 0 Å². The second kappa shape index (κ2) is 5.00. The van der Waals surface area contributed by atoms with Crippen LogP contribution >= 0.6 is 15.9 Å². The molecule has 1 atom stereocenters. The SMILES string of the molecule is N#CC(CO)Cc1ccc(Br)cc1. The van der Waals surface area contributed by atoms with Gasteiger partial charge in [0.25, 0.3) is 0 Å². The summed E-state index contributed by atoms with van der Waals surface area (Å²) in [7, 11) is 0. The van der Waals surface area contributed by atoms with Crippen LogP contribution in [-0.2, 0) is 6.42 Å². The Morgan fingerprint density at radius 3 is 2.46 bits per heavy atom. The molecule has 0 aliphatic rings. The topological polar surface area (TPSA) is 44.0 Å². The Morgan fingerprint density at radius 1 is 1.38 bits per heavy atom. The third-order valence-electron chi connectivity index (χ3n) is 1.80. The first-order valence-electron chi connectivity index (χ1n) is 4.01. The van der Waals surface area contributed by atoms with E-state index in [-0.39, 0.29) is 12.5 Å². The van der Waals surface area contributed by atoms with Crippen LogP contribution in [0.15, 0.2) is 28.7 Å². The van der Waals surface area contributed by atoms with Crippen molar-refractivity contribution in [2.45, 2.75) is 6.42 Å². The molecule has 0 fully saturated rings. The first kappa shape index (κ1) is 10.2. The molecule has 3 heteroatoms. The summed E-state index contributed by atoms with van der Waals surface area (Å²) in [4.78, 5) is 0. The molecule has 2 nitrogen and oxygen atoms in total. The van der Waals surface area contributed by atoms with Crippen molar-refractivity contribution < 1.29 is 5.11 Å². The fourth-order valence-corrected chi connectivity index (χ4v) is 1.32. The number of aliphatic hydroxyl groups is 1. The minimum absolute atomic E-state index is 0.0768. The second-order valence-corrected chi connectivity index (χ2v) is 3.75. The molecule has 13 heavy (non-hydrogen) atoms. The van der Waals surface area contributed by atoms with E-state index in [2.05, 4.69) is 22.0 Å². The van der Waals surface area contributed by atoms with Gasteiger partial charge in [0.2, 0.25) is 0 Å². The molecule has 0 saturated heterocycles. The fraction of sp³-hybridized carbons (Fsp3) is 0.300. The van der Waals surface area contributed by atoms with E-state index < -0.39 is 0 Å². The van der Waals surface area contributed by atoms with E-state index in [9.17, 15) is 0 Å². The zero-order chi connectivity index (χ0) is 9.68. The van der Waals surface area contributed by atoms with Gasteiger partial charge in [-0.05, 0) is 24.1 Å². The van der Waals surface area contributed by atoms with Crippen LogP contribution in [0.25, 0.3) is 0 Å². The number of hydrogen-bond donors (Lipinski definition) is 1. The molecule has 0 aliphatic carbocycles. The number of nitriles is 1. The highest BCUT2D eigenvalue weighted by Gasteiger charge is 2.05. The maximum atomic E-state index is 8.81. The third kappa shape index (κ3) is 3.17. The summed E-state index contributed by atoms with van der Waals surface area (Å²) in [6.07, 6.45) is 0.611. The first-order valence-corrected chi connectivity index (χ1v) is 4.80. The van der Waals surface area contributed by atoms with E-state index in [1.165, 1.54) is 0 Å². The molecule has 0 aliphatic heterocycles. The second-order valence-electron chi connectivity index (χ2n) is 2.84. The maximum absolute atomic E-state index is 8.81. The maximum Gasteiger partial charge on any atom is 0.0734 e. The third-order valence-corrected chi connectivity index (χ3v) is 2.33. The van der Waals surface area contributed by atoms with Gasteiger partial charge < -0.3 is 5.11 Å². The van der Waals surface area contributed by atoms with Gasteiger partial charge in [0.05, 0.1) is 18.6 Å². The number of nitrogens with zero attached hydrogens (tertiary/aromatic N) is 1. The molecule has 0 heterocycles. The van der Waals surface area contributed by atoms with Crippen LogP contribution < -0.4 is 0 Å². The van der Waals surface area contributed by atoms with Gasteiger partial charge in [-0.15, -0.1) is 0 Å². The van der Waals surface area contributed by atoms with Crippen molar-refractivity contribution in [1.82, 2.24) is 0 Å². The lowest BCUT2D eigenvalue weighted by molar-refractivity contribution is 0.255. The van der Waals surface area contributed by atoms with E-state index in [1.807, 2.05) is 24.3 Å². The Morgan fingerprint density at radius 2 is 2.00 bits per heavy atom. The molecule has 0 saturated carbocycles. The minimum Gasteiger partial charge on any atom is -0.395 e. The monoisotopic (exact) mass is 239 g/mol. The van der Waals surface area contributed by atoms with E-state index in [4.69, 9.17) is 10.4 Å². The number of halogens is 1. The van der Waals surface area contributed by atoms with Crippen molar-refractivity contribution in [3.8, 4) is 6.07 Å². The van der Waals surface area contributed by atoms with E-state index in [1.54, 1.807) is 0 Å². The van der Waals surface area contributed by atoms with E-state index in [0.717, 1.165) is 10.0 Å². The van der Waals surface area contributed by atoms with Gasteiger partial charge in [-0.3, -0.25) is 0 Å². The largest absolute Gasteiger partial charge is 0.395 e. The highest BCUT2D eigenvalue weighted by molar-refractivity contribution is 9.10. The average Bonchev–Trinajstić information content (AvgIpc) is 2.17. The van der Waals surface area contributed by atoms with E-state index >= 15 is 0 Å². The minimum atomic E-state index is -0.291. The van der Waals surface area contributed by atoms with Crippen LogP contribution in [0, 0.1) is 17.2 Å². The Bertz CT molecular complexity index is 302. The number of rotatable bonds is 3. The predicted molar refractivity (Wildman–Crippen MR) is 54.0 cm³/mol. The quantitative estimate of drug-likeness (QED) is 0.879. The zero-order valence-corrected chi connectivity index (χ0v) is 8.66. The molecule has 0 aromatic heterocycles. The Labute approximate surface area is 85.9 Å². The molecule has 68 valence electrons. The molecule has 0 radical (unpaired) electrons. The molecule has 0 amide bonds. The van der Waals surface area contributed by atoms with Gasteiger partial charge in [-0.25, -0.2) is 0 Å². The lowest BCUT2D eigenvalue weighted by Gasteiger charge is -2.04. The predicted octanol–water partition coefficient (Wildman–Crippen LogP) is 2.12. The van der Waals surface area contributed by atoms with Crippen LogP contribution in [0.5, 0.6) is 0 Å². The molecular weight excluding hydrogens is 230 g/mol. The summed E-state index contributed by atoms with van der Waals surface area (Å²) in [6.45, 7) is -0.0768. The first-order chi connectivity index (χ1) is 6.26. The smallest absolute Gasteiger partial charge is 0.0734 e. The normalized spacial score (nSPS) is 12.1. The van der Waals surface area contributed by atoms with Crippen molar-refractivity contribution in [1.29, 1.82) is 5.26 Å². The number of benzene rings is 1. The highest BCUT2D eigenvalue weighted by atomic mass is 79.9. The lowest BCUT2D eigenvalue weighted by atomic mass is 10.0. The molecule has 0 spiro atoms. The fourth-order valence-electron chi connectivity index (χ4n) is 1.06. The number of aliphatic hydroxyl groups excluding tert-OH is 1. The van der Waals surface area contributed by atoms with Crippen LogP contribution in [-0.4, -0.2) is 11.7 Å². The number of hydrogen-bond acceptors (Lipinski definition) is 2. The lowest BCUT2D eigenvalue weighted by Crippen LogP contribution is -2.06. The summed E-state index contributed by atoms with van der Waals surface area (Å²) in [6, 6.07) is 9.81. The van der Waals surface area contributed by atoms with Crippen LogP contribution in [0.2, 0.25) is 0 Å². The van der Waals surface area contributed by atoms with Crippen molar-refractivity contribution in [3.05, 3.63) is 34.3 Å². The summed E-state index contributed by atoms with van der Waals surface area (Å²) >= 11 is 3.33. The van der Waals surface area contributed by atoms with Gasteiger partial charge in [0.1, 0.15) is 0 Å². The molecule has 1 unspecified atom stereocenters. The summed E-state index contributed by atoms with van der Waals surface area (Å²) in [5, 5.41) is 17.4. The Kier molecular flexibility index (Phi) is 3.94. The van der Waals surface area contributed by atoms with Crippen molar-refractivity contribution >= 4 is 15.9 Å².